The Morgan fingerprint density at radius 1 is 1.32 bits per heavy atom. The van der Waals surface area contributed by atoms with Crippen LogP contribution in [0.4, 0.5) is 0 Å². The van der Waals surface area contributed by atoms with Crippen molar-refractivity contribution in [3.63, 3.8) is 0 Å². The fraction of sp³-hybridized carbons (Fsp3) is 0.786. The monoisotopic (exact) mass is 272 g/mol. The first-order valence-corrected chi connectivity index (χ1v) is 7.10. The van der Waals surface area contributed by atoms with Crippen molar-refractivity contribution in [2.75, 3.05) is 13.2 Å². The Labute approximate surface area is 115 Å². The summed E-state index contributed by atoms with van der Waals surface area (Å²) in [6, 6.07) is 0.232. The summed E-state index contributed by atoms with van der Waals surface area (Å²) in [4.78, 5) is 10.3. The van der Waals surface area contributed by atoms with Gasteiger partial charge in [0.05, 0.1) is 0 Å². The van der Waals surface area contributed by atoms with Crippen LogP contribution < -0.4 is 11.5 Å². The van der Waals surface area contributed by atoms with Crippen LogP contribution in [0.1, 0.15) is 51.4 Å². The summed E-state index contributed by atoms with van der Waals surface area (Å²) >= 11 is 0. The molecule has 5 heteroatoms. The zero-order valence-electron chi connectivity index (χ0n) is 11.7. The molecule has 1 aliphatic carbocycles. The van der Waals surface area contributed by atoms with Crippen molar-refractivity contribution < 1.29 is 15.0 Å². The first-order valence-electron chi connectivity index (χ1n) is 7.10. The molecule has 112 valence electrons. The van der Waals surface area contributed by atoms with Crippen molar-refractivity contribution >= 4 is 5.97 Å². The van der Waals surface area contributed by atoms with Gasteiger partial charge in [-0.2, -0.15) is 0 Å². The van der Waals surface area contributed by atoms with Gasteiger partial charge in [0.15, 0.2) is 0 Å². The molecule has 1 rings (SSSR count). The van der Waals surface area contributed by atoms with Crippen LogP contribution >= 0.6 is 0 Å². The van der Waals surface area contributed by atoms with Crippen LogP contribution in [0, 0.1) is 0 Å². The maximum Gasteiger partial charge on any atom is 0.331 e. The third kappa shape index (κ3) is 10.7. The molecule has 1 atom stereocenters. The Bertz CT molecular complexity index is 259. The number of hydrogen-bond donors (Lipinski definition) is 4. The topological polar surface area (TPSA) is 110 Å². The lowest BCUT2D eigenvalue weighted by atomic mass is 10.0. The Morgan fingerprint density at radius 2 is 2.00 bits per heavy atom. The molecule has 1 aliphatic rings. The maximum atomic E-state index is 10.3. The van der Waals surface area contributed by atoms with E-state index in [4.69, 9.17) is 21.7 Å². The van der Waals surface area contributed by atoms with Gasteiger partial charge in [-0.3, -0.25) is 0 Å². The molecule has 0 radical (unpaired) electrons. The molecule has 0 amide bonds. The van der Waals surface area contributed by atoms with E-state index in [1.165, 1.54) is 0 Å². The largest absolute Gasteiger partial charge is 0.478 e. The number of allylic oxidation sites excluding steroid dienone is 1. The molecular formula is C14H28N2O3. The van der Waals surface area contributed by atoms with Crippen LogP contribution in [-0.2, 0) is 4.79 Å². The zero-order valence-corrected chi connectivity index (χ0v) is 11.7. The predicted octanol–water partition coefficient (Wildman–Crippen LogP) is 1.40. The molecule has 0 saturated heterocycles. The Morgan fingerprint density at radius 3 is 2.42 bits per heavy atom. The third-order valence-corrected chi connectivity index (χ3v) is 3.08. The molecule has 6 N–H and O–H groups in total. The summed E-state index contributed by atoms with van der Waals surface area (Å²) in [5.41, 5.74) is 11.6. The van der Waals surface area contributed by atoms with E-state index in [1.807, 2.05) is 6.08 Å². The summed E-state index contributed by atoms with van der Waals surface area (Å²) in [6.07, 6.45) is 9.42. The minimum atomic E-state index is -0.741. The van der Waals surface area contributed by atoms with E-state index in [2.05, 4.69) is 0 Å². The van der Waals surface area contributed by atoms with Crippen molar-refractivity contribution in [1.29, 1.82) is 0 Å². The highest BCUT2D eigenvalue weighted by Gasteiger charge is 2.08. The standard InChI is InChI=1S/C7H18N2O.C7H10O2/c8-5-1-3-7(9)4-2-6-10;8-7(9)6-4-2-1-3-5-6/h7,10H,1-6,8-9H2;4H,1-3,5H2,(H,8,9). The lowest BCUT2D eigenvalue weighted by Crippen LogP contribution is -2.21. The summed E-state index contributed by atoms with van der Waals surface area (Å²) in [5, 5.41) is 16.9. The molecule has 0 aromatic heterocycles. The SMILES string of the molecule is NCCCC(N)CCCO.O=C(O)C1=CCCCC1. The van der Waals surface area contributed by atoms with E-state index in [-0.39, 0.29) is 12.6 Å². The molecule has 0 heterocycles. The highest BCUT2D eigenvalue weighted by Crippen LogP contribution is 2.16. The summed E-state index contributed by atoms with van der Waals surface area (Å²) in [5.74, 6) is -0.741. The second kappa shape index (κ2) is 12.1. The normalized spacial score (nSPS) is 16.1. The highest BCUT2D eigenvalue weighted by molar-refractivity contribution is 5.86. The molecule has 19 heavy (non-hydrogen) atoms. The van der Waals surface area contributed by atoms with Crippen LogP contribution in [0.3, 0.4) is 0 Å². The minimum Gasteiger partial charge on any atom is -0.478 e. The fourth-order valence-electron chi connectivity index (χ4n) is 1.91. The Hall–Kier alpha value is -0.910. The van der Waals surface area contributed by atoms with Crippen LogP contribution in [0.2, 0.25) is 0 Å². The van der Waals surface area contributed by atoms with Crippen molar-refractivity contribution in [2.24, 2.45) is 11.5 Å². The first kappa shape index (κ1) is 18.1. The molecule has 0 aromatic rings. The number of aliphatic hydroxyl groups excluding tert-OH is 1. The lowest BCUT2D eigenvalue weighted by Gasteiger charge is -2.08. The van der Waals surface area contributed by atoms with Crippen molar-refractivity contribution in [3.8, 4) is 0 Å². The molecule has 0 aliphatic heterocycles. The van der Waals surface area contributed by atoms with E-state index < -0.39 is 5.97 Å². The number of aliphatic carboxylic acids is 1. The van der Waals surface area contributed by atoms with Gasteiger partial charge in [0.2, 0.25) is 0 Å². The van der Waals surface area contributed by atoms with Gasteiger partial charge in [0, 0.05) is 18.2 Å². The molecular weight excluding hydrogens is 244 g/mol. The van der Waals surface area contributed by atoms with Crippen LogP contribution in [0.5, 0.6) is 0 Å². The second-order valence-corrected chi connectivity index (χ2v) is 4.84. The van der Waals surface area contributed by atoms with E-state index in [0.29, 0.717) is 12.1 Å². The summed E-state index contributed by atoms with van der Waals surface area (Å²) in [7, 11) is 0. The van der Waals surface area contributed by atoms with Gasteiger partial charge in [-0.25, -0.2) is 4.79 Å². The van der Waals surface area contributed by atoms with Crippen molar-refractivity contribution in [3.05, 3.63) is 11.6 Å². The van der Waals surface area contributed by atoms with Crippen LogP contribution in [-0.4, -0.2) is 35.4 Å². The number of carboxylic acids is 1. The highest BCUT2D eigenvalue weighted by atomic mass is 16.4. The van der Waals surface area contributed by atoms with Gasteiger partial charge in [0.25, 0.3) is 0 Å². The number of carbonyl (C=O) groups is 1. The molecule has 5 nitrogen and oxygen atoms in total. The van der Waals surface area contributed by atoms with E-state index >= 15 is 0 Å². The first-order chi connectivity index (χ1) is 9.11. The number of rotatable bonds is 7. The average Bonchev–Trinajstić information content (AvgIpc) is 2.44. The number of carboxylic acid groups (broad SMARTS) is 1. The molecule has 0 aromatic carbocycles. The van der Waals surface area contributed by atoms with Crippen LogP contribution in [0.15, 0.2) is 11.6 Å². The van der Waals surface area contributed by atoms with E-state index in [9.17, 15) is 4.79 Å². The van der Waals surface area contributed by atoms with Crippen molar-refractivity contribution in [2.45, 2.75) is 57.4 Å². The zero-order chi connectivity index (χ0) is 14.5. The molecule has 0 saturated carbocycles. The molecule has 0 fully saturated rings. The lowest BCUT2D eigenvalue weighted by molar-refractivity contribution is -0.132. The molecule has 1 unspecified atom stereocenters. The van der Waals surface area contributed by atoms with Crippen molar-refractivity contribution in [1.82, 2.24) is 0 Å². The smallest absolute Gasteiger partial charge is 0.331 e. The van der Waals surface area contributed by atoms with E-state index in [0.717, 1.165) is 51.4 Å². The maximum absolute atomic E-state index is 10.3. The summed E-state index contributed by atoms with van der Waals surface area (Å²) in [6.45, 7) is 0.961. The third-order valence-electron chi connectivity index (χ3n) is 3.08. The fourth-order valence-corrected chi connectivity index (χ4v) is 1.91. The van der Waals surface area contributed by atoms with Gasteiger partial charge < -0.3 is 21.7 Å². The Balaban J connectivity index is 0.000000342. The quantitative estimate of drug-likeness (QED) is 0.560. The van der Waals surface area contributed by atoms with E-state index in [1.54, 1.807) is 0 Å². The predicted molar refractivity (Wildman–Crippen MR) is 76.8 cm³/mol. The van der Waals surface area contributed by atoms with Gasteiger partial charge >= 0.3 is 5.97 Å². The van der Waals surface area contributed by atoms with Gasteiger partial charge in [-0.1, -0.05) is 6.08 Å². The van der Waals surface area contributed by atoms with Gasteiger partial charge in [-0.15, -0.1) is 0 Å². The molecule has 0 bridgehead atoms. The number of nitrogens with two attached hydrogens (primary N) is 2. The average molecular weight is 272 g/mol. The van der Waals surface area contributed by atoms with Gasteiger partial charge in [0.1, 0.15) is 0 Å². The number of aliphatic hydroxyl groups is 1. The number of hydrogen-bond acceptors (Lipinski definition) is 4. The second-order valence-electron chi connectivity index (χ2n) is 4.84. The minimum absolute atomic E-state index is 0.232. The summed E-state index contributed by atoms with van der Waals surface area (Å²) < 4.78 is 0. The van der Waals surface area contributed by atoms with Gasteiger partial charge in [-0.05, 0) is 57.9 Å². The van der Waals surface area contributed by atoms with Crippen LogP contribution in [0.25, 0.3) is 0 Å². The Kier molecular flexibility index (Phi) is 11.6. The molecule has 0 spiro atoms.